The molecule has 3 rings (SSSR count). The number of nitro benzene ring substituents is 1. The Labute approximate surface area is 156 Å². The molecular formula is C21H19N3O3. The molecule has 0 atom stereocenters. The molecule has 0 aliphatic carbocycles. The zero-order valence-electron chi connectivity index (χ0n) is 15.1. The van der Waals surface area contributed by atoms with E-state index in [0.29, 0.717) is 23.2 Å². The fourth-order valence-electron chi connectivity index (χ4n) is 2.75. The highest BCUT2D eigenvalue weighted by molar-refractivity contribution is 5.95. The van der Waals surface area contributed by atoms with Gasteiger partial charge in [0, 0.05) is 29.9 Å². The van der Waals surface area contributed by atoms with E-state index in [2.05, 4.69) is 4.99 Å². The number of benzene rings is 2. The molecule has 0 radical (unpaired) electrons. The molecule has 0 bridgehead atoms. The highest BCUT2D eigenvalue weighted by Crippen LogP contribution is 2.19. The van der Waals surface area contributed by atoms with Gasteiger partial charge in [0.25, 0.3) is 11.6 Å². The van der Waals surface area contributed by atoms with E-state index in [1.54, 1.807) is 13.0 Å². The van der Waals surface area contributed by atoms with Gasteiger partial charge in [-0.25, -0.2) is 0 Å². The monoisotopic (exact) mass is 361 g/mol. The highest BCUT2D eigenvalue weighted by atomic mass is 16.6. The molecule has 0 spiro atoms. The van der Waals surface area contributed by atoms with E-state index in [4.69, 9.17) is 0 Å². The summed E-state index contributed by atoms with van der Waals surface area (Å²) in [6.45, 7) is 4.23. The second kappa shape index (κ2) is 7.78. The summed E-state index contributed by atoms with van der Waals surface area (Å²) in [6, 6.07) is 17.9. The molecule has 0 fully saturated rings. The zero-order chi connectivity index (χ0) is 19.4. The third-order valence-corrected chi connectivity index (χ3v) is 4.25. The largest absolute Gasteiger partial charge is 0.328 e. The van der Waals surface area contributed by atoms with Gasteiger partial charge in [-0.1, -0.05) is 35.9 Å². The molecule has 27 heavy (non-hydrogen) atoms. The smallest absolute Gasteiger partial charge is 0.278 e. The quantitative estimate of drug-likeness (QED) is 0.524. The molecule has 0 aliphatic heterocycles. The number of aromatic nitrogens is 1. The molecule has 0 saturated carbocycles. The van der Waals surface area contributed by atoms with Gasteiger partial charge in [0.05, 0.1) is 4.92 Å². The van der Waals surface area contributed by atoms with Gasteiger partial charge >= 0.3 is 0 Å². The van der Waals surface area contributed by atoms with Gasteiger partial charge in [-0.2, -0.15) is 4.99 Å². The Bertz CT molecular complexity index is 1070. The summed E-state index contributed by atoms with van der Waals surface area (Å²) < 4.78 is 1.89. The second-order valence-electron chi connectivity index (χ2n) is 6.35. The lowest BCUT2D eigenvalue weighted by atomic mass is 10.1. The molecule has 0 aliphatic rings. The molecule has 0 N–H and O–H groups in total. The van der Waals surface area contributed by atoms with Gasteiger partial charge in [0.1, 0.15) is 5.49 Å². The number of nitrogens with zero attached hydrogens (tertiary/aromatic N) is 3. The first-order valence-electron chi connectivity index (χ1n) is 8.49. The van der Waals surface area contributed by atoms with Gasteiger partial charge in [-0.3, -0.25) is 14.9 Å². The van der Waals surface area contributed by atoms with Gasteiger partial charge < -0.3 is 4.57 Å². The van der Waals surface area contributed by atoms with Crippen molar-refractivity contribution in [3.05, 3.63) is 105 Å². The van der Waals surface area contributed by atoms with Crippen molar-refractivity contribution in [1.29, 1.82) is 0 Å². The fraction of sp³-hybridized carbons (Fsp3) is 0.143. The number of pyridine rings is 1. The molecule has 1 heterocycles. The van der Waals surface area contributed by atoms with Crippen molar-refractivity contribution in [2.75, 3.05) is 0 Å². The first kappa shape index (κ1) is 18.3. The van der Waals surface area contributed by atoms with Gasteiger partial charge in [-0.05, 0) is 43.7 Å². The van der Waals surface area contributed by atoms with Gasteiger partial charge in [-0.15, -0.1) is 0 Å². The summed E-state index contributed by atoms with van der Waals surface area (Å²) in [5.74, 6) is -0.433. The van der Waals surface area contributed by atoms with Crippen LogP contribution in [0.3, 0.4) is 0 Å². The highest BCUT2D eigenvalue weighted by Gasteiger charge is 2.13. The van der Waals surface area contributed by atoms with Crippen LogP contribution in [-0.4, -0.2) is 15.4 Å². The van der Waals surface area contributed by atoms with E-state index in [1.165, 1.54) is 23.8 Å². The Morgan fingerprint density at radius 1 is 1.07 bits per heavy atom. The molecular weight excluding hydrogens is 342 g/mol. The Balaban J connectivity index is 1.93. The van der Waals surface area contributed by atoms with Crippen molar-refractivity contribution in [1.82, 2.24) is 4.57 Å². The lowest BCUT2D eigenvalue weighted by Gasteiger charge is -2.08. The molecule has 1 aromatic heterocycles. The number of aryl methyl sites for hydroxylation is 2. The SMILES string of the molecule is Cc1ccc(Cn2ccccc2=NC(=O)c2ccc([N+](=O)[O-])c(C)c2)cc1. The lowest BCUT2D eigenvalue weighted by Crippen LogP contribution is -2.22. The van der Waals surface area contributed by atoms with Crippen molar-refractivity contribution in [2.45, 2.75) is 20.4 Å². The summed E-state index contributed by atoms with van der Waals surface area (Å²) in [5.41, 5.74) is 3.56. The summed E-state index contributed by atoms with van der Waals surface area (Å²) in [7, 11) is 0. The number of hydrogen-bond donors (Lipinski definition) is 0. The van der Waals surface area contributed by atoms with Crippen LogP contribution < -0.4 is 5.49 Å². The second-order valence-corrected chi connectivity index (χ2v) is 6.35. The minimum atomic E-state index is -0.465. The summed E-state index contributed by atoms with van der Waals surface area (Å²) in [4.78, 5) is 27.2. The van der Waals surface area contributed by atoms with E-state index in [9.17, 15) is 14.9 Å². The average Bonchev–Trinajstić information content (AvgIpc) is 2.64. The van der Waals surface area contributed by atoms with Crippen LogP contribution in [-0.2, 0) is 6.54 Å². The topological polar surface area (TPSA) is 77.5 Å². The summed E-state index contributed by atoms with van der Waals surface area (Å²) in [6.07, 6.45) is 1.87. The van der Waals surface area contributed by atoms with Gasteiger partial charge in [0.2, 0.25) is 0 Å². The summed E-state index contributed by atoms with van der Waals surface area (Å²) >= 11 is 0. The Morgan fingerprint density at radius 3 is 2.48 bits per heavy atom. The minimum absolute atomic E-state index is 0.0132. The van der Waals surface area contributed by atoms with Crippen molar-refractivity contribution in [3.8, 4) is 0 Å². The molecule has 0 saturated heterocycles. The van der Waals surface area contributed by atoms with Crippen LogP contribution in [0.1, 0.15) is 27.0 Å². The van der Waals surface area contributed by atoms with Crippen LogP contribution in [0.2, 0.25) is 0 Å². The van der Waals surface area contributed by atoms with Crippen LogP contribution in [0.25, 0.3) is 0 Å². The van der Waals surface area contributed by atoms with E-state index in [1.807, 2.05) is 54.1 Å². The predicted octanol–water partition coefficient (Wildman–Crippen LogP) is 3.80. The number of carbonyl (C=O) groups is 1. The summed E-state index contributed by atoms with van der Waals surface area (Å²) in [5, 5.41) is 10.9. The maximum absolute atomic E-state index is 12.5. The first-order chi connectivity index (χ1) is 12.9. The molecule has 2 aromatic carbocycles. The van der Waals surface area contributed by atoms with Crippen molar-refractivity contribution < 1.29 is 9.72 Å². The Morgan fingerprint density at radius 2 is 1.81 bits per heavy atom. The maximum Gasteiger partial charge on any atom is 0.278 e. The van der Waals surface area contributed by atoms with Crippen molar-refractivity contribution in [2.24, 2.45) is 4.99 Å². The molecule has 136 valence electrons. The van der Waals surface area contributed by atoms with Crippen LogP contribution in [0, 0.1) is 24.0 Å². The molecule has 1 amide bonds. The van der Waals surface area contributed by atoms with Crippen LogP contribution >= 0.6 is 0 Å². The minimum Gasteiger partial charge on any atom is -0.328 e. The predicted molar refractivity (Wildman–Crippen MR) is 102 cm³/mol. The third kappa shape index (κ3) is 4.36. The van der Waals surface area contributed by atoms with Crippen LogP contribution in [0.5, 0.6) is 0 Å². The Hall–Kier alpha value is -3.54. The maximum atomic E-state index is 12.5. The lowest BCUT2D eigenvalue weighted by molar-refractivity contribution is -0.385. The number of rotatable bonds is 4. The molecule has 0 unspecified atom stereocenters. The number of nitro groups is 1. The fourth-order valence-corrected chi connectivity index (χ4v) is 2.75. The average molecular weight is 361 g/mol. The van der Waals surface area contributed by atoms with Crippen LogP contribution in [0.4, 0.5) is 5.69 Å². The normalized spacial score (nSPS) is 11.4. The number of amides is 1. The van der Waals surface area contributed by atoms with E-state index in [-0.39, 0.29) is 5.69 Å². The molecule has 6 heteroatoms. The Kier molecular flexibility index (Phi) is 5.26. The molecule has 6 nitrogen and oxygen atoms in total. The van der Waals surface area contributed by atoms with Crippen molar-refractivity contribution >= 4 is 11.6 Å². The van der Waals surface area contributed by atoms with Crippen molar-refractivity contribution in [3.63, 3.8) is 0 Å². The zero-order valence-corrected chi connectivity index (χ0v) is 15.1. The van der Waals surface area contributed by atoms with E-state index >= 15 is 0 Å². The standard InChI is InChI=1S/C21H19N3O3/c1-15-6-8-17(9-7-15)14-23-12-4-3-5-20(23)22-21(25)18-10-11-19(24(26)27)16(2)13-18/h3-13H,14H2,1-2H3. The first-order valence-corrected chi connectivity index (χ1v) is 8.49. The van der Waals surface area contributed by atoms with Crippen LogP contribution in [0.15, 0.2) is 71.9 Å². The number of carbonyl (C=O) groups excluding carboxylic acids is 1. The number of hydrogen-bond acceptors (Lipinski definition) is 3. The van der Waals surface area contributed by atoms with Gasteiger partial charge in [0.15, 0.2) is 0 Å². The van der Waals surface area contributed by atoms with E-state index < -0.39 is 10.8 Å². The third-order valence-electron chi connectivity index (χ3n) is 4.25. The van der Waals surface area contributed by atoms with E-state index in [0.717, 1.165) is 5.56 Å². The molecule has 3 aromatic rings.